The number of carbonyl (C=O) groups is 2. The minimum atomic E-state index is -2.96. The Balaban J connectivity index is 1.66. The van der Waals surface area contributed by atoms with Crippen LogP contribution in [0, 0.1) is 23.7 Å². The lowest BCUT2D eigenvalue weighted by Crippen LogP contribution is -2.46. The fourth-order valence-corrected chi connectivity index (χ4v) is 5.34. The van der Waals surface area contributed by atoms with Gasteiger partial charge in [0.1, 0.15) is 9.84 Å². The molecular formula is C14H19NO5S. The molecule has 2 bridgehead atoms. The highest BCUT2D eigenvalue weighted by atomic mass is 32.2. The van der Waals surface area contributed by atoms with E-state index in [0.29, 0.717) is 12.8 Å². The van der Waals surface area contributed by atoms with Crippen molar-refractivity contribution in [3.8, 4) is 0 Å². The summed E-state index contributed by atoms with van der Waals surface area (Å²) in [5.74, 6) is -2.17. The standard InChI is InChI=1S/C14H19NO5S/c16-13(15-10-3-5-21(19,20)6-4-10)11-8-1-2-9(7-8)12(11)14(17)18/h1-2,8-12H,3-7H2,(H,15,16)(H,17,18)/t8?,9?,11-,12+/m0/s1. The Hall–Kier alpha value is -1.37. The van der Waals surface area contributed by atoms with Crippen LogP contribution < -0.4 is 5.32 Å². The number of hydrogen-bond acceptors (Lipinski definition) is 4. The fraction of sp³-hybridized carbons (Fsp3) is 0.714. The summed E-state index contributed by atoms with van der Waals surface area (Å²) in [6, 6.07) is -0.154. The molecule has 0 spiro atoms. The zero-order valence-corrected chi connectivity index (χ0v) is 12.4. The van der Waals surface area contributed by atoms with Crippen LogP contribution in [-0.2, 0) is 19.4 Å². The van der Waals surface area contributed by atoms with Crippen LogP contribution in [0.4, 0.5) is 0 Å². The second kappa shape index (κ2) is 5.12. The number of fused-ring (bicyclic) bond motifs is 2. The Bertz CT molecular complexity index is 582. The predicted molar refractivity (Wildman–Crippen MR) is 75.2 cm³/mol. The van der Waals surface area contributed by atoms with Gasteiger partial charge >= 0.3 is 5.97 Å². The number of nitrogens with one attached hydrogen (secondary N) is 1. The van der Waals surface area contributed by atoms with Crippen LogP contribution in [0.5, 0.6) is 0 Å². The van der Waals surface area contributed by atoms with Gasteiger partial charge in [-0.15, -0.1) is 0 Å². The number of carboxylic acids is 1. The molecule has 3 aliphatic rings. The number of allylic oxidation sites excluding steroid dienone is 2. The molecule has 1 aliphatic heterocycles. The van der Waals surface area contributed by atoms with Gasteiger partial charge in [0.15, 0.2) is 0 Å². The topological polar surface area (TPSA) is 101 Å². The number of aliphatic carboxylic acids is 1. The first-order valence-electron chi connectivity index (χ1n) is 7.29. The number of hydrogen-bond donors (Lipinski definition) is 2. The molecule has 7 heteroatoms. The van der Waals surface area contributed by atoms with Crippen molar-refractivity contribution in [1.29, 1.82) is 0 Å². The average molecular weight is 313 g/mol. The zero-order chi connectivity index (χ0) is 15.2. The van der Waals surface area contributed by atoms with E-state index in [1.807, 2.05) is 12.2 Å². The van der Waals surface area contributed by atoms with Crippen molar-refractivity contribution in [1.82, 2.24) is 5.32 Å². The maximum atomic E-state index is 12.4. The molecule has 116 valence electrons. The quantitative estimate of drug-likeness (QED) is 0.725. The molecule has 1 saturated carbocycles. The number of sulfone groups is 1. The Labute approximate surface area is 123 Å². The van der Waals surface area contributed by atoms with Gasteiger partial charge in [-0.05, 0) is 31.1 Å². The first-order valence-corrected chi connectivity index (χ1v) is 9.11. The molecule has 3 rings (SSSR count). The Kier molecular flexibility index (Phi) is 3.55. The Morgan fingerprint density at radius 3 is 2.19 bits per heavy atom. The van der Waals surface area contributed by atoms with Gasteiger partial charge < -0.3 is 10.4 Å². The van der Waals surface area contributed by atoms with Crippen molar-refractivity contribution in [2.45, 2.75) is 25.3 Å². The highest BCUT2D eigenvalue weighted by molar-refractivity contribution is 7.91. The second-order valence-electron chi connectivity index (χ2n) is 6.27. The number of rotatable bonds is 3. The first kappa shape index (κ1) is 14.6. The van der Waals surface area contributed by atoms with Crippen molar-refractivity contribution in [3.05, 3.63) is 12.2 Å². The molecule has 1 amide bonds. The van der Waals surface area contributed by atoms with Gasteiger partial charge in [0.2, 0.25) is 5.91 Å². The van der Waals surface area contributed by atoms with Crippen LogP contribution in [0.2, 0.25) is 0 Å². The molecule has 1 saturated heterocycles. The van der Waals surface area contributed by atoms with E-state index < -0.39 is 27.6 Å². The summed E-state index contributed by atoms with van der Waals surface area (Å²) in [6.07, 6.45) is 5.42. The Morgan fingerprint density at radius 2 is 1.62 bits per heavy atom. The van der Waals surface area contributed by atoms with Gasteiger partial charge in [0, 0.05) is 6.04 Å². The van der Waals surface area contributed by atoms with E-state index in [9.17, 15) is 23.1 Å². The van der Waals surface area contributed by atoms with Gasteiger partial charge in [-0.2, -0.15) is 0 Å². The molecule has 4 atom stereocenters. The lowest BCUT2D eigenvalue weighted by Gasteiger charge is -2.28. The summed E-state index contributed by atoms with van der Waals surface area (Å²) in [6.45, 7) is 0. The summed E-state index contributed by atoms with van der Waals surface area (Å²) in [7, 11) is -2.96. The maximum Gasteiger partial charge on any atom is 0.307 e. The monoisotopic (exact) mass is 313 g/mol. The van der Waals surface area contributed by atoms with Crippen LogP contribution in [0.15, 0.2) is 12.2 Å². The van der Waals surface area contributed by atoms with Crippen LogP contribution in [0.25, 0.3) is 0 Å². The molecule has 21 heavy (non-hydrogen) atoms. The Morgan fingerprint density at radius 1 is 1.05 bits per heavy atom. The normalized spacial score (nSPS) is 37.5. The van der Waals surface area contributed by atoms with Crippen LogP contribution >= 0.6 is 0 Å². The largest absolute Gasteiger partial charge is 0.481 e. The third-order valence-electron chi connectivity index (χ3n) is 4.95. The molecule has 2 unspecified atom stereocenters. The third-order valence-corrected chi connectivity index (χ3v) is 6.66. The van der Waals surface area contributed by atoms with E-state index in [2.05, 4.69) is 5.32 Å². The van der Waals surface area contributed by atoms with Crippen LogP contribution in [-0.4, -0.2) is 42.9 Å². The molecule has 0 aromatic rings. The zero-order valence-electron chi connectivity index (χ0n) is 11.6. The van der Waals surface area contributed by atoms with Gasteiger partial charge in [-0.1, -0.05) is 12.2 Å². The van der Waals surface area contributed by atoms with Crippen LogP contribution in [0.1, 0.15) is 19.3 Å². The number of carbonyl (C=O) groups excluding carboxylic acids is 1. The molecule has 1 heterocycles. The van der Waals surface area contributed by atoms with Crippen molar-refractivity contribution in [2.75, 3.05) is 11.5 Å². The molecule has 2 fully saturated rings. The van der Waals surface area contributed by atoms with Crippen molar-refractivity contribution in [3.63, 3.8) is 0 Å². The summed E-state index contributed by atoms with van der Waals surface area (Å²) >= 11 is 0. The van der Waals surface area contributed by atoms with Gasteiger partial charge in [0.25, 0.3) is 0 Å². The molecule has 2 N–H and O–H groups in total. The van der Waals surface area contributed by atoms with Gasteiger partial charge in [-0.3, -0.25) is 9.59 Å². The van der Waals surface area contributed by atoms with E-state index in [1.54, 1.807) is 0 Å². The minimum absolute atomic E-state index is 0.00317. The lowest BCUT2D eigenvalue weighted by atomic mass is 9.82. The highest BCUT2D eigenvalue weighted by Gasteiger charge is 2.51. The molecule has 6 nitrogen and oxygen atoms in total. The van der Waals surface area contributed by atoms with Crippen LogP contribution in [0.3, 0.4) is 0 Å². The van der Waals surface area contributed by atoms with Crippen molar-refractivity contribution < 1.29 is 23.1 Å². The smallest absolute Gasteiger partial charge is 0.307 e. The molecule has 0 aromatic carbocycles. The summed E-state index contributed by atoms with van der Waals surface area (Å²) in [4.78, 5) is 23.8. The predicted octanol–water partition coefficient (Wildman–Crippen LogP) is 0.203. The molecule has 0 radical (unpaired) electrons. The average Bonchev–Trinajstić information content (AvgIpc) is 3.01. The number of carboxylic acid groups (broad SMARTS) is 1. The van der Waals surface area contributed by atoms with E-state index in [0.717, 1.165) is 6.42 Å². The van der Waals surface area contributed by atoms with E-state index in [4.69, 9.17) is 0 Å². The summed E-state index contributed by atoms with van der Waals surface area (Å²) in [5.41, 5.74) is 0. The van der Waals surface area contributed by atoms with Gasteiger partial charge in [-0.25, -0.2) is 8.42 Å². The SMILES string of the molecule is O=C(O)[C@@H]1C2C=CC(C2)[C@@H]1C(=O)NC1CCS(=O)(=O)CC1. The van der Waals surface area contributed by atoms with E-state index >= 15 is 0 Å². The first-order chi connectivity index (χ1) is 9.87. The van der Waals surface area contributed by atoms with Crippen molar-refractivity contribution >= 4 is 21.7 Å². The number of amides is 1. The summed E-state index contributed by atoms with van der Waals surface area (Å²) < 4.78 is 22.8. The molecule has 0 aromatic heterocycles. The van der Waals surface area contributed by atoms with E-state index in [-0.39, 0.29) is 35.3 Å². The molecule has 2 aliphatic carbocycles. The summed E-state index contributed by atoms with van der Waals surface area (Å²) in [5, 5.41) is 12.2. The second-order valence-corrected chi connectivity index (χ2v) is 8.58. The molecular weight excluding hydrogens is 294 g/mol. The van der Waals surface area contributed by atoms with E-state index in [1.165, 1.54) is 0 Å². The lowest BCUT2D eigenvalue weighted by molar-refractivity contribution is -0.148. The van der Waals surface area contributed by atoms with Crippen molar-refractivity contribution in [2.24, 2.45) is 23.7 Å². The minimum Gasteiger partial charge on any atom is -0.481 e. The van der Waals surface area contributed by atoms with Gasteiger partial charge in [0.05, 0.1) is 23.3 Å². The highest BCUT2D eigenvalue weighted by Crippen LogP contribution is 2.48. The fourth-order valence-electron chi connectivity index (χ4n) is 3.85. The maximum absolute atomic E-state index is 12.4. The third kappa shape index (κ3) is 2.71.